The van der Waals surface area contributed by atoms with Crippen LogP contribution < -0.4 is 10.6 Å². The Hall–Kier alpha value is -1.22. The lowest BCUT2D eigenvalue weighted by Crippen LogP contribution is -2.50. The molecule has 1 aromatic rings. The van der Waals surface area contributed by atoms with Gasteiger partial charge in [0.15, 0.2) is 0 Å². The van der Waals surface area contributed by atoms with Crippen molar-refractivity contribution in [3.05, 3.63) is 23.2 Å². The smallest absolute Gasteiger partial charge is 0.127 e. The maximum Gasteiger partial charge on any atom is 0.127 e. The zero-order valence-electron chi connectivity index (χ0n) is 12.9. The number of hydrogen-bond acceptors (Lipinski definition) is 2. The Kier molecular flexibility index (Phi) is 4.12. The predicted molar refractivity (Wildman–Crippen MR) is 91.7 cm³/mol. The first-order chi connectivity index (χ1) is 10.1. The molecule has 1 fully saturated rings. The van der Waals surface area contributed by atoms with Gasteiger partial charge in [0.2, 0.25) is 0 Å². The molecule has 0 bridgehead atoms. The van der Waals surface area contributed by atoms with E-state index in [2.05, 4.69) is 24.5 Å². The Morgan fingerprint density at radius 3 is 2.71 bits per heavy atom. The highest BCUT2D eigenvalue weighted by atomic mass is 35.5. The van der Waals surface area contributed by atoms with Crippen LogP contribution >= 0.6 is 11.6 Å². The van der Waals surface area contributed by atoms with E-state index in [4.69, 9.17) is 16.6 Å². The molecule has 1 heterocycles. The maximum atomic E-state index is 6.11. The molecule has 21 heavy (non-hydrogen) atoms. The third kappa shape index (κ3) is 3.03. The number of nitrogens with one attached hydrogen (secondary N) is 2. The van der Waals surface area contributed by atoms with Gasteiger partial charge in [0, 0.05) is 5.02 Å². The average Bonchev–Trinajstić information content (AvgIpc) is 2.49. The number of amidine groups is 1. The second-order valence-electron chi connectivity index (χ2n) is 6.40. The molecule has 0 spiro atoms. The Balaban J connectivity index is 1.91. The first-order valence-electron chi connectivity index (χ1n) is 8.04. The van der Waals surface area contributed by atoms with Crippen molar-refractivity contribution >= 4 is 28.8 Å². The monoisotopic (exact) mass is 305 g/mol. The third-order valence-electron chi connectivity index (χ3n) is 4.76. The average molecular weight is 306 g/mol. The Morgan fingerprint density at radius 2 is 2.00 bits per heavy atom. The van der Waals surface area contributed by atoms with Gasteiger partial charge in [-0.25, -0.2) is 0 Å². The topological polar surface area (TPSA) is 36.4 Å². The van der Waals surface area contributed by atoms with Gasteiger partial charge in [-0.05, 0) is 44.4 Å². The van der Waals surface area contributed by atoms with E-state index < -0.39 is 0 Å². The highest BCUT2D eigenvalue weighted by Crippen LogP contribution is 2.35. The molecular weight excluding hydrogens is 282 g/mol. The summed E-state index contributed by atoms with van der Waals surface area (Å²) in [4.78, 5) is 5.05. The fraction of sp³-hybridized carbons (Fsp3) is 0.588. The quantitative estimate of drug-likeness (QED) is 0.799. The van der Waals surface area contributed by atoms with Gasteiger partial charge in [-0.15, -0.1) is 0 Å². The normalized spacial score (nSPS) is 27.9. The molecule has 0 radical (unpaired) electrons. The molecule has 1 unspecified atom stereocenters. The minimum absolute atomic E-state index is 0.144. The van der Waals surface area contributed by atoms with Crippen molar-refractivity contribution in [2.24, 2.45) is 4.99 Å². The largest absolute Gasteiger partial charge is 0.371 e. The standard InChI is InChI=1S/C17H24ClN3/c1-3-17(2)16(19-13-7-5-4-6-8-13)20-14-10-9-12(18)11-15(14)21-17/h9-11,13,21H,3-8H2,1-2H3,(H,19,20). The number of benzene rings is 1. The van der Waals surface area contributed by atoms with Gasteiger partial charge < -0.3 is 10.6 Å². The van der Waals surface area contributed by atoms with Crippen LogP contribution in [0.2, 0.25) is 5.02 Å². The first-order valence-corrected chi connectivity index (χ1v) is 8.41. The summed E-state index contributed by atoms with van der Waals surface area (Å²) >= 11 is 6.11. The van der Waals surface area contributed by atoms with Crippen LogP contribution in [-0.2, 0) is 0 Å². The SMILES string of the molecule is CCC1(C)Nc2cc(Cl)ccc2NC1=NC1CCCCC1. The van der Waals surface area contributed by atoms with Gasteiger partial charge in [0.1, 0.15) is 5.84 Å². The maximum absolute atomic E-state index is 6.11. The summed E-state index contributed by atoms with van der Waals surface area (Å²) in [6.07, 6.45) is 7.40. The molecule has 1 aliphatic heterocycles. The lowest BCUT2D eigenvalue weighted by Gasteiger charge is -2.39. The van der Waals surface area contributed by atoms with E-state index >= 15 is 0 Å². The van der Waals surface area contributed by atoms with Crippen molar-refractivity contribution in [2.75, 3.05) is 10.6 Å². The zero-order chi connectivity index (χ0) is 14.9. The van der Waals surface area contributed by atoms with Crippen LogP contribution in [0, 0.1) is 0 Å². The van der Waals surface area contributed by atoms with Gasteiger partial charge >= 0.3 is 0 Å². The van der Waals surface area contributed by atoms with Crippen molar-refractivity contribution in [2.45, 2.75) is 64.0 Å². The van der Waals surface area contributed by atoms with E-state index in [9.17, 15) is 0 Å². The Bertz CT molecular complexity index is 549. The number of anilines is 2. The molecule has 1 aromatic carbocycles. The summed E-state index contributed by atoms with van der Waals surface area (Å²) in [5.74, 6) is 1.08. The van der Waals surface area contributed by atoms with E-state index in [1.165, 1.54) is 32.1 Å². The summed E-state index contributed by atoms with van der Waals surface area (Å²) in [5, 5.41) is 7.93. The molecule has 0 saturated heterocycles. The molecule has 2 aliphatic rings. The number of rotatable bonds is 2. The van der Waals surface area contributed by atoms with Gasteiger partial charge in [-0.1, -0.05) is 37.8 Å². The van der Waals surface area contributed by atoms with Gasteiger partial charge in [-0.2, -0.15) is 0 Å². The Labute approximate surface area is 132 Å². The molecule has 2 N–H and O–H groups in total. The lowest BCUT2D eigenvalue weighted by molar-refractivity contribution is 0.440. The van der Waals surface area contributed by atoms with Crippen LogP contribution in [0.1, 0.15) is 52.4 Å². The molecular formula is C17H24ClN3. The van der Waals surface area contributed by atoms with Crippen LogP contribution in [0.4, 0.5) is 11.4 Å². The van der Waals surface area contributed by atoms with Crippen LogP contribution in [0.25, 0.3) is 0 Å². The molecule has 114 valence electrons. The molecule has 0 aromatic heterocycles. The number of nitrogens with zero attached hydrogens (tertiary/aromatic N) is 1. The molecule has 1 saturated carbocycles. The number of hydrogen-bond donors (Lipinski definition) is 2. The van der Waals surface area contributed by atoms with Crippen LogP contribution in [0.15, 0.2) is 23.2 Å². The highest BCUT2D eigenvalue weighted by Gasteiger charge is 2.34. The van der Waals surface area contributed by atoms with E-state index in [1.54, 1.807) is 0 Å². The molecule has 1 aliphatic carbocycles. The summed E-state index contributed by atoms with van der Waals surface area (Å²) in [6, 6.07) is 6.40. The van der Waals surface area contributed by atoms with Crippen molar-refractivity contribution < 1.29 is 0 Å². The molecule has 3 nitrogen and oxygen atoms in total. The predicted octanol–water partition coefficient (Wildman–Crippen LogP) is 5.08. The second-order valence-corrected chi connectivity index (χ2v) is 6.83. The van der Waals surface area contributed by atoms with E-state index in [-0.39, 0.29) is 5.54 Å². The van der Waals surface area contributed by atoms with Crippen molar-refractivity contribution in [1.29, 1.82) is 0 Å². The molecule has 4 heteroatoms. The minimum atomic E-state index is -0.144. The fourth-order valence-electron chi connectivity index (χ4n) is 3.17. The van der Waals surface area contributed by atoms with E-state index in [0.717, 1.165) is 28.7 Å². The zero-order valence-corrected chi connectivity index (χ0v) is 13.6. The highest BCUT2D eigenvalue weighted by molar-refractivity contribution is 6.31. The minimum Gasteiger partial charge on any atom is -0.371 e. The van der Waals surface area contributed by atoms with Gasteiger partial charge in [-0.3, -0.25) is 4.99 Å². The number of aliphatic imine (C=N–C) groups is 1. The number of fused-ring (bicyclic) bond motifs is 1. The van der Waals surface area contributed by atoms with Gasteiger partial charge in [0.25, 0.3) is 0 Å². The summed E-state index contributed by atoms with van der Waals surface area (Å²) in [6.45, 7) is 4.41. The fourth-order valence-corrected chi connectivity index (χ4v) is 3.35. The molecule has 3 rings (SSSR count). The number of halogens is 1. The molecule has 0 amide bonds. The Morgan fingerprint density at radius 1 is 1.24 bits per heavy atom. The van der Waals surface area contributed by atoms with E-state index in [1.807, 2.05) is 18.2 Å². The summed E-state index contributed by atoms with van der Waals surface area (Å²) in [5.41, 5.74) is 1.99. The summed E-state index contributed by atoms with van der Waals surface area (Å²) in [7, 11) is 0. The van der Waals surface area contributed by atoms with E-state index in [0.29, 0.717) is 6.04 Å². The van der Waals surface area contributed by atoms with Crippen LogP contribution in [0.3, 0.4) is 0 Å². The molecule has 1 atom stereocenters. The van der Waals surface area contributed by atoms with Gasteiger partial charge in [0.05, 0.1) is 23.0 Å². The lowest BCUT2D eigenvalue weighted by atomic mass is 9.91. The van der Waals surface area contributed by atoms with Crippen molar-refractivity contribution in [3.63, 3.8) is 0 Å². The second kappa shape index (κ2) is 5.88. The first kappa shape index (κ1) is 14.7. The third-order valence-corrected chi connectivity index (χ3v) is 5.00. The van der Waals surface area contributed by atoms with Crippen molar-refractivity contribution in [3.8, 4) is 0 Å². The van der Waals surface area contributed by atoms with Crippen LogP contribution in [0.5, 0.6) is 0 Å². The summed E-state index contributed by atoms with van der Waals surface area (Å²) < 4.78 is 0. The van der Waals surface area contributed by atoms with Crippen molar-refractivity contribution in [1.82, 2.24) is 0 Å². The van der Waals surface area contributed by atoms with Crippen LogP contribution in [-0.4, -0.2) is 17.4 Å².